The SMILES string of the molecule is Cn1c(Nc2nc3ccc(Cl)cc3s2)nc2cc(C(=O)CCCCN3CCOCC3)ccc21. The summed E-state index contributed by atoms with van der Waals surface area (Å²) in [5, 5.41) is 4.76. The molecule has 1 aliphatic heterocycles. The maximum atomic E-state index is 12.7. The molecule has 0 amide bonds. The average molecular weight is 484 g/mol. The van der Waals surface area contributed by atoms with Gasteiger partial charge in [-0.1, -0.05) is 22.9 Å². The molecule has 9 heteroatoms. The van der Waals surface area contributed by atoms with E-state index in [1.807, 2.05) is 48.0 Å². The molecule has 2 aromatic carbocycles. The number of carbonyl (C=O) groups is 1. The van der Waals surface area contributed by atoms with Crippen molar-refractivity contribution < 1.29 is 9.53 Å². The average Bonchev–Trinajstić information content (AvgIpc) is 3.36. The van der Waals surface area contributed by atoms with Gasteiger partial charge in [-0.15, -0.1) is 0 Å². The zero-order valence-electron chi connectivity index (χ0n) is 18.5. The minimum Gasteiger partial charge on any atom is -0.379 e. The van der Waals surface area contributed by atoms with Crippen LogP contribution in [0.4, 0.5) is 11.1 Å². The molecule has 1 saturated heterocycles. The molecule has 0 aliphatic carbocycles. The molecule has 172 valence electrons. The van der Waals surface area contributed by atoms with E-state index in [1.54, 1.807) is 0 Å². The number of fused-ring (bicyclic) bond motifs is 2. The van der Waals surface area contributed by atoms with Gasteiger partial charge in [0, 0.05) is 37.1 Å². The number of hydrogen-bond donors (Lipinski definition) is 1. The molecule has 0 atom stereocenters. The number of rotatable bonds is 8. The van der Waals surface area contributed by atoms with Gasteiger partial charge >= 0.3 is 0 Å². The van der Waals surface area contributed by atoms with Crippen molar-refractivity contribution in [2.75, 3.05) is 38.2 Å². The van der Waals surface area contributed by atoms with Crippen LogP contribution >= 0.6 is 22.9 Å². The van der Waals surface area contributed by atoms with Gasteiger partial charge < -0.3 is 14.6 Å². The van der Waals surface area contributed by atoms with E-state index < -0.39 is 0 Å². The van der Waals surface area contributed by atoms with Gasteiger partial charge in [0.15, 0.2) is 10.9 Å². The van der Waals surface area contributed by atoms with Crippen LogP contribution < -0.4 is 5.32 Å². The van der Waals surface area contributed by atoms with Crippen LogP contribution in [0.5, 0.6) is 0 Å². The third kappa shape index (κ3) is 5.04. The van der Waals surface area contributed by atoms with Gasteiger partial charge in [0.05, 0.1) is 34.5 Å². The molecule has 0 radical (unpaired) electrons. The maximum absolute atomic E-state index is 12.7. The van der Waals surface area contributed by atoms with E-state index in [4.69, 9.17) is 21.3 Å². The lowest BCUT2D eigenvalue weighted by atomic mass is 10.0. The van der Waals surface area contributed by atoms with Crippen LogP contribution in [-0.2, 0) is 11.8 Å². The first kappa shape index (κ1) is 22.3. The Morgan fingerprint density at radius 2 is 1.97 bits per heavy atom. The van der Waals surface area contributed by atoms with Gasteiger partial charge in [-0.25, -0.2) is 9.97 Å². The third-order valence-corrected chi connectivity index (χ3v) is 7.17. The number of benzene rings is 2. The largest absolute Gasteiger partial charge is 0.379 e. The van der Waals surface area contributed by atoms with E-state index in [0.29, 0.717) is 23.0 Å². The van der Waals surface area contributed by atoms with Gasteiger partial charge in [0.1, 0.15) is 0 Å². The molecule has 5 rings (SSSR count). The highest BCUT2D eigenvalue weighted by molar-refractivity contribution is 7.22. The summed E-state index contributed by atoms with van der Waals surface area (Å²) < 4.78 is 8.38. The standard InChI is InChI=1S/C24H26ClN5O2S/c1-29-20-8-5-16(21(31)4-2-3-9-30-10-12-32-13-11-30)14-19(20)26-23(29)28-24-27-18-7-6-17(25)15-22(18)33-24/h5-8,14-15H,2-4,9-13H2,1H3,(H,26,27,28). The fourth-order valence-electron chi connectivity index (χ4n) is 4.12. The monoisotopic (exact) mass is 483 g/mol. The molecule has 0 spiro atoms. The lowest BCUT2D eigenvalue weighted by Crippen LogP contribution is -2.36. The van der Waals surface area contributed by atoms with Crippen LogP contribution in [0.1, 0.15) is 29.6 Å². The van der Waals surface area contributed by atoms with Crippen molar-refractivity contribution in [3.63, 3.8) is 0 Å². The zero-order chi connectivity index (χ0) is 22.8. The number of Topliss-reactive ketones (excluding diaryl/α,β-unsaturated/α-hetero) is 1. The fraction of sp³-hybridized carbons (Fsp3) is 0.375. The molecule has 3 heterocycles. The van der Waals surface area contributed by atoms with Crippen LogP contribution in [0, 0.1) is 0 Å². The number of carbonyl (C=O) groups excluding carboxylic acids is 1. The Morgan fingerprint density at radius 1 is 1.12 bits per heavy atom. The lowest BCUT2D eigenvalue weighted by Gasteiger charge is -2.26. The normalized spacial score (nSPS) is 14.8. The van der Waals surface area contributed by atoms with Crippen LogP contribution in [0.15, 0.2) is 36.4 Å². The van der Waals surface area contributed by atoms with Crippen molar-refractivity contribution in [1.29, 1.82) is 0 Å². The van der Waals surface area contributed by atoms with Crippen molar-refractivity contribution in [3.8, 4) is 0 Å². The number of unbranched alkanes of at least 4 members (excludes halogenated alkanes) is 1. The summed E-state index contributed by atoms with van der Waals surface area (Å²) in [6, 6.07) is 11.4. The second kappa shape index (κ2) is 9.77. The number of anilines is 2. The number of thiazole rings is 1. The van der Waals surface area contributed by atoms with Crippen LogP contribution in [-0.4, -0.2) is 58.1 Å². The molecule has 0 saturated carbocycles. The van der Waals surface area contributed by atoms with E-state index in [1.165, 1.54) is 11.3 Å². The number of halogens is 1. The number of imidazole rings is 1. The van der Waals surface area contributed by atoms with E-state index in [9.17, 15) is 4.79 Å². The highest BCUT2D eigenvalue weighted by atomic mass is 35.5. The van der Waals surface area contributed by atoms with E-state index in [-0.39, 0.29) is 5.78 Å². The molecule has 1 aliphatic rings. The summed E-state index contributed by atoms with van der Waals surface area (Å²) in [4.78, 5) is 24.5. The summed E-state index contributed by atoms with van der Waals surface area (Å²) in [5.41, 5.74) is 3.37. The van der Waals surface area contributed by atoms with Crippen molar-refractivity contribution in [1.82, 2.24) is 19.4 Å². The predicted octanol–water partition coefficient (Wildman–Crippen LogP) is 5.27. The smallest absolute Gasteiger partial charge is 0.209 e. The molecular formula is C24H26ClN5O2S. The van der Waals surface area contributed by atoms with Crippen LogP contribution in [0.2, 0.25) is 5.02 Å². The number of ether oxygens (including phenoxy) is 1. The Hall–Kier alpha value is -2.52. The second-order valence-corrected chi connectivity index (χ2v) is 9.76. The Morgan fingerprint density at radius 3 is 2.82 bits per heavy atom. The molecule has 1 fully saturated rings. The van der Waals surface area contributed by atoms with Gasteiger partial charge in [-0.3, -0.25) is 9.69 Å². The number of nitrogens with zero attached hydrogens (tertiary/aromatic N) is 4. The van der Waals surface area contributed by atoms with E-state index in [0.717, 1.165) is 72.1 Å². The molecular weight excluding hydrogens is 458 g/mol. The highest BCUT2D eigenvalue weighted by Crippen LogP contribution is 2.31. The Kier molecular flexibility index (Phi) is 6.59. The van der Waals surface area contributed by atoms with Crippen molar-refractivity contribution in [2.24, 2.45) is 7.05 Å². The fourth-order valence-corrected chi connectivity index (χ4v) is 5.26. The third-order valence-electron chi connectivity index (χ3n) is 6.00. The van der Waals surface area contributed by atoms with Crippen LogP contribution in [0.25, 0.3) is 21.3 Å². The number of aromatic nitrogens is 3. The van der Waals surface area contributed by atoms with Gasteiger partial charge in [0.25, 0.3) is 0 Å². The summed E-state index contributed by atoms with van der Waals surface area (Å²) in [5.74, 6) is 0.854. The molecule has 1 N–H and O–H groups in total. The number of aryl methyl sites for hydroxylation is 1. The summed E-state index contributed by atoms with van der Waals surface area (Å²) in [7, 11) is 1.95. The van der Waals surface area contributed by atoms with Crippen molar-refractivity contribution in [2.45, 2.75) is 19.3 Å². The Bertz CT molecular complexity index is 1290. The number of nitrogens with one attached hydrogen (secondary N) is 1. The summed E-state index contributed by atoms with van der Waals surface area (Å²) in [6.45, 7) is 4.64. The molecule has 33 heavy (non-hydrogen) atoms. The van der Waals surface area contributed by atoms with Gasteiger partial charge in [-0.2, -0.15) is 0 Å². The molecule has 0 bridgehead atoms. The van der Waals surface area contributed by atoms with Gasteiger partial charge in [0.2, 0.25) is 5.95 Å². The van der Waals surface area contributed by atoms with Gasteiger partial charge in [-0.05, 0) is 55.8 Å². The quantitative estimate of drug-likeness (QED) is 0.272. The molecule has 2 aromatic heterocycles. The number of ketones is 1. The summed E-state index contributed by atoms with van der Waals surface area (Å²) >= 11 is 7.62. The summed E-state index contributed by atoms with van der Waals surface area (Å²) in [6.07, 6.45) is 2.48. The van der Waals surface area contributed by atoms with Crippen LogP contribution in [0.3, 0.4) is 0 Å². The number of hydrogen-bond acceptors (Lipinski definition) is 7. The Labute approximate surface area is 201 Å². The first-order valence-corrected chi connectivity index (χ1v) is 12.4. The predicted molar refractivity (Wildman–Crippen MR) is 134 cm³/mol. The minimum absolute atomic E-state index is 0.169. The lowest BCUT2D eigenvalue weighted by molar-refractivity contribution is 0.0371. The topological polar surface area (TPSA) is 72.3 Å². The molecule has 4 aromatic rings. The second-order valence-electron chi connectivity index (χ2n) is 8.29. The van der Waals surface area contributed by atoms with E-state index >= 15 is 0 Å². The maximum Gasteiger partial charge on any atom is 0.209 e. The minimum atomic E-state index is 0.169. The zero-order valence-corrected chi connectivity index (χ0v) is 20.1. The Balaban J connectivity index is 1.24. The first-order chi connectivity index (χ1) is 16.1. The van der Waals surface area contributed by atoms with Crippen molar-refractivity contribution >= 4 is 61.1 Å². The van der Waals surface area contributed by atoms with Crippen molar-refractivity contribution in [3.05, 3.63) is 47.0 Å². The first-order valence-electron chi connectivity index (χ1n) is 11.2. The molecule has 0 unspecified atom stereocenters. The van der Waals surface area contributed by atoms with E-state index in [2.05, 4.69) is 15.2 Å². The highest BCUT2D eigenvalue weighted by Gasteiger charge is 2.14. The number of morpholine rings is 1. The molecule has 7 nitrogen and oxygen atoms in total.